The van der Waals surface area contributed by atoms with Gasteiger partial charge in [-0.2, -0.15) is 0 Å². The molecule has 3 nitrogen and oxygen atoms in total. The average molecular weight is 308 g/mol. The van der Waals surface area contributed by atoms with E-state index in [0.717, 1.165) is 42.4 Å². The van der Waals surface area contributed by atoms with Gasteiger partial charge in [0.05, 0.1) is 0 Å². The number of rotatable bonds is 4. The van der Waals surface area contributed by atoms with Crippen LogP contribution in [-0.4, -0.2) is 36.5 Å². The van der Waals surface area contributed by atoms with Crippen molar-refractivity contribution in [2.75, 3.05) is 19.6 Å². The van der Waals surface area contributed by atoms with Gasteiger partial charge in [0.15, 0.2) is 0 Å². The van der Waals surface area contributed by atoms with E-state index in [1.54, 1.807) is 0 Å². The highest BCUT2D eigenvalue weighted by Gasteiger charge is 2.31. The Bertz CT molecular complexity index is 696. The van der Waals surface area contributed by atoms with E-state index in [-0.39, 0.29) is 5.91 Å². The molecule has 1 N–H and O–H groups in total. The van der Waals surface area contributed by atoms with Crippen LogP contribution in [0.25, 0.3) is 10.8 Å². The third-order valence-electron chi connectivity index (χ3n) is 5.44. The van der Waals surface area contributed by atoms with E-state index >= 15 is 0 Å². The number of hydrogen-bond acceptors (Lipinski definition) is 2. The number of carbonyl (C=O) groups is 1. The molecule has 2 aliphatic rings. The molecule has 0 aromatic heterocycles. The van der Waals surface area contributed by atoms with Gasteiger partial charge in [-0.1, -0.05) is 42.8 Å². The lowest BCUT2D eigenvalue weighted by molar-refractivity contribution is 0.0618. The summed E-state index contributed by atoms with van der Waals surface area (Å²) in [6.45, 7) is 2.88. The minimum Gasteiger partial charge on any atom is -0.334 e. The second-order valence-electron chi connectivity index (χ2n) is 6.93. The fraction of sp³-hybridized carbons (Fsp3) is 0.450. The van der Waals surface area contributed by atoms with Crippen molar-refractivity contribution >= 4 is 16.7 Å². The Morgan fingerprint density at radius 3 is 2.65 bits per heavy atom. The highest BCUT2D eigenvalue weighted by molar-refractivity contribution is 6.07. The Balaban J connectivity index is 1.67. The van der Waals surface area contributed by atoms with E-state index in [4.69, 9.17) is 0 Å². The van der Waals surface area contributed by atoms with Crippen molar-refractivity contribution in [2.45, 2.75) is 31.7 Å². The van der Waals surface area contributed by atoms with Crippen molar-refractivity contribution in [1.29, 1.82) is 0 Å². The normalized spacial score (nSPS) is 21.3. The highest BCUT2D eigenvalue weighted by Crippen LogP contribution is 2.30. The zero-order chi connectivity index (χ0) is 15.6. The Labute approximate surface area is 137 Å². The summed E-state index contributed by atoms with van der Waals surface area (Å²) >= 11 is 0. The SMILES string of the molecule is O=C(c1cccc2ccccc12)N(CC1CCC1)C1CCNC1. The zero-order valence-corrected chi connectivity index (χ0v) is 13.5. The third-order valence-corrected chi connectivity index (χ3v) is 5.44. The lowest BCUT2D eigenvalue weighted by atomic mass is 9.84. The highest BCUT2D eigenvalue weighted by atomic mass is 16.2. The van der Waals surface area contributed by atoms with E-state index in [1.807, 2.05) is 24.3 Å². The molecule has 0 spiro atoms. The molecule has 1 aliphatic heterocycles. The fourth-order valence-corrected chi connectivity index (χ4v) is 3.82. The van der Waals surface area contributed by atoms with Crippen LogP contribution in [0.5, 0.6) is 0 Å². The number of carbonyl (C=O) groups excluding carboxylic acids is 1. The predicted molar refractivity (Wildman–Crippen MR) is 93.6 cm³/mol. The van der Waals surface area contributed by atoms with Crippen molar-refractivity contribution in [3.05, 3.63) is 48.0 Å². The van der Waals surface area contributed by atoms with Gasteiger partial charge in [-0.25, -0.2) is 0 Å². The van der Waals surface area contributed by atoms with E-state index in [1.165, 1.54) is 19.3 Å². The summed E-state index contributed by atoms with van der Waals surface area (Å²) < 4.78 is 0. The maximum absolute atomic E-state index is 13.3. The van der Waals surface area contributed by atoms with Crippen LogP contribution in [0.1, 0.15) is 36.0 Å². The first-order valence-corrected chi connectivity index (χ1v) is 8.82. The molecule has 1 aliphatic carbocycles. The summed E-state index contributed by atoms with van der Waals surface area (Å²) in [6.07, 6.45) is 4.95. The molecule has 1 saturated carbocycles. The lowest BCUT2D eigenvalue weighted by Crippen LogP contribution is -2.45. The zero-order valence-electron chi connectivity index (χ0n) is 13.5. The van der Waals surface area contributed by atoms with Crippen molar-refractivity contribution in [3.63, 3.8) is 0 Å². The van der Waals surface area contributed by atoms with Gasteiger partial charge in [0.2, 0.25) is 0 Å². The number of amides is 1. The van der Waals surface area contributed by atoms with Crippen LogP contribution in [0.15, 0.2) is 42.5 Å². The molecule has 3 heteroatoms. The molecule has 23 heavy (non-hydrogen) atoms. The smallest absolute Gasteiger partial charge is 0.254 e. The van der Waals surface area contributed by atoms with Gasteiger partial charge in [-0.3, -0.25) is 4.79 Å². The van der Waals surface area contributed by atoms with Crippen molar-refractivity contribution in [2.24, 2.45) is 5.92 Å². The van der Waals surface area contributed by atoms with E-state index in [2.05, 4.69) is 28.4 Å². The largest absolute Gasteiger partial charge is 0.334 e. The molecule has 1 unspecified atom stereocenters. The topological polar surface area (TPSA) is 32.3 Å². The number of benzene rings is 2. The Morgan fingerprint density at radius 1 is 1.09 bits per heavy atom. The fourth-order valence-electron chi connectivity index (χ4n) is 3.82. The molecule has 2 aromatic carbocycles. The van der Waals surface area contributed by atoms with Gasteiger partial charge in [-0.15, -0.1) is 0 Å². The van der Waals surface area contributed by atoms with Gasteiger partial charge in [0.25, 0.3) is 5.91 Å². The van der Waals surface area contributed by atoms with Crippen molar-refractivity contribution < 1.29 is 4.79 Å². The lowest BCUT2D eigenvalue weighted by Gasteiger charge is -2.36. The number of fused-ring (bicyclic) bond motifs is 1. The van der Waals surface area contributed by atoms with Gasteiger partial charge < -0.3 is 10.2 Å². The Kier molecular flexibility index (Phi) is 4.04. The summed E-state index contributed by atoms with van der Waals surface area (Å²) in [5, 5.41) is 5.63. The van der Waals surface area contributed by atoms with E-state index in [0.29, 0.717) is 12.0 Å². The minimum absolute atomic E-state index is 0.211. The van der Waals surface area contributed by atoms with Crippen molar-refractivity contribution in [3.8, 4) is 0 Å². The quantitative estimate of drug-likeness (QED) is 0.938. The molecule has 0 radical (unpaired) electrons. The number of nitrogens with one attached hydrogen (secondary N) is 1. The van der Waals surface area contributed by atoms with Crippen LogP contribution in [0.4, 0.5) is 0 Å². The van der Waals surface area contributed by atoms with Crippen LogP contribution < -0.4 is 5.32 Å². The van der Waals surface area contributed by atoms with Gasteiger partial charge >= 0.3 is 0 Å². The second kappa shape index (κ2) is 6.32. The van der Waals surface area contributed by atoms with Crippen LogP contribution in [-0.2, 0) is 0 Å². The summed E-state index contributed by atoms with van der Waals surface area (Å²) in [7, 11) is 0. The van der Waals surface area contributed by atoms with Crippen molar-refractivity contribution in [1.82, 2.24) is 10.2 Å². The maximum atomic E-state index is 13.3. The summed E-state index contributed by atoms with van der Waals surface area (Å²) in [5.41, 5.74) is 0.856. The molecule has 120 valence electrons. The van der Waals surface area contributed by atoms with Crippen LogP contribution in [0.3, 0.4) is 0 Å². The van der Waals surface area contributed by atoms with Gasteiger partial charge in [-0.05, 0) is 48.6 Å². The molecule has 4 rings (SSSR count). The van der Waals surface area contributed by atoms with Crippen LogP contribution in [0, 0.1) is 5.92 Å². The second-order valence-corrected chi connectivity index (χ2v) is 6.93. The molecule has 1 heterocycles. The molecular formula is C20H24N2O. The summed E-state index contributed by atoms with van der Waals surface area (Å²) in [6, 6.07) is 14.6. The first-order chi connectivity index (χ1) is 11.3. The Hall–Kier alpha value is -1.87. The minimum atomic E-state index is 0.211. The Morgan fingerprint density at radius 2 is 1.91 bits per heavy atom. The monoisotopic (exact) mass is 308 g/mol. The first kappa shape index (κ1) is 14.7. The predicted octanol–water partition coefficient (Wildman–Crippen LogP) is 3.44. The van der Waals surface area contributed by atoms with Gasteiger partial charge in [0.1, 0.15) is 0 Å². The molecule has 0 bridgehead atoms. The van der Waals surface area contributed by atoms with Gasteiger partial charge in [0, 0.05) is 24.7 Å². The summed E-state index contributed by atoms with van der Waals surface area (Å²) in [4.78, 5) is 15.5. The molecule has 1 amide bonds. The first-order valence-electron chi connectivity index (χ1n) is 8.82. The van der Waals surface area contributed by atoms with Crippen LogP contribution in [0.2, 0.25) is 0 Å². The standard InChI is InChI=1S/C20H24N2O/c23-20(19-10-4-8-16-7-1-2-9-18(16)19)22(14-15-5-3-6-15)17-11-12-21-13-17/h1-2,4,7-10,15,17,21H,3,5-6,11-14H2. The molecule has 2 aromatic rings. The number of nitrogens with zero attached hydrogens (tertiary/aromatic N) is 1. The molecule has 1 saturated heterocycles. The van der Waals surface area contributed by atoms with Crippen LogP contribution >= 0.6 is 0 Å². The summed E-state index contributed by atoms with van der Waals surface area (Å²) in [5.74, 6) is 0.914. The maximum Gasteiger partial charge on any atom is 0.254 e. The molecule has 1 atom stereocenters. The average Bonchev–Trinajstić information content (AvgIpc) is 3.07. The third kappa shape index (κ3) is 2.86. The number of hydrogen-bond donors (Lipinski definition) is 1. The molecular weight excluding hydrogens is 284 g/mol. The molecule has 2 fully saturated rings. The van der Waals surface area contributed by atoms with E-state index in [9.17, 15) is 4.79 Å². The van der Waals surface area contributed by atoms with E-state index < -0.39 is 0 Å².